The van der Waals surface area contributed by atoms with Crippen LogP contribution in [0.15, 0.2) is 36.4 Å². The molecule has 0 atom stereocenters. The van der Waals surface area contributed by atoms with Crippen LogP contribution >= 0.6 is 0 Å². The first-order valence-electron chi connectivity index (χ1n) is 5.95. The van der Waals surface area contributed by atoms with Crippen molar-refractivity contribution >= 4 is 10.8 Å². The molecule has 0 radical (unpaired) electrons. The summed E-state index contributed by atoms with van der Waals surface area (Å²) >= 11 is 0. The van der Waals surface area contributed by atoms with Gasteiger partial charge in [-0.1, -0.05) is 42.0 Å². The number of fused-ring (bicyclic) bond motifs is 1. The van der Waals surface area contributed by atoms with Crippen molar-refractivity contribution in [3.63, 3.8) is 0 Å². The van der Waals surface area contributed by atoms with E-state index in [0.717, 1.165) is 6.54 Å². The number of benzene rings is 2. The summed E-state index contributed by atoms with van der Waals surface area (Å²) in [7, 11) is 0. The lowest BCUT2D eigenvalue weighted by molar-refractivity contribution is 0.711. The Bertz CT molecular complexity index is 538. The molecule has 1 nitrogen and oxygen atoms in total. The van der Waals surface area contributed by atoms with Gasteiger partial charge in [0.1, 0.15) is 0 Å². The maximum atomic E-state index is 5.92. The fraction of sp³-hybridized carbons (Fsp3) is 0.333. The van der Waals surface area contributed by atoms with Crippen molar-refractivity contribution in [1.29, 1.82) is 0 Å². The van der Waals surface area contributed by atoms with E-state index in [2.05, 4.69) is 43.3 Å². The third kappa shape index (κ3) is 1.35. The van der Waals surface area contributed by atoms with Gasteiger partial charge in [0.15, 0.2) is 0 Å². The molecule has 0 aliphatic heterocycles. The van der Waals surface area contributed by atoms with Crippen LogP contribution in [0.5, 0.6) is 0 Å². The Hall–Kier alpha value is -1.34. The summed E-state index contributed by atoms with van der Waals surface area (Å²) in [6.07, 6.45) is 2.49. The minimum atomic E-state index is 0.286. The lowest BCUT2D eigenvalue weighted by Gasteiger charge is -2.16. The van der Waals surface area contributed by atoms with Crippen LogP contribution in [0, 0.1) is 6.92 Å². The van der Waals surface area contributed by atoms with Gasteiger partial charge in [-0.25, -0.2) is 0 Å². The zero-order chi connectivity index (χ0) is 11.2. The number of nitrogens with two attached hydrogens (primary N) is 1. The maximum Gasteiger partial charge on any atom is 0.00823 e. The predicted octanol–water partition coefficient (Wildman–Crippen LogP) is 3.14. The lowest BCUT2D eigenvalue weighted by Crippen LogP contribution is -2.19. The highest BCUT2D eigenvalue weighted by Crippen LogP contribution is 2.49. The van der Waals surface area contributed by atoms with Gasteiger partial charge in [0, 0.05) is 12.0 Å². The van der Waals surface area contributed by atoms with Crippen molar-refractivity contribution in [2.45, 2.75) is 25.2 Å². The van der Waals surface area contributed by atoms with E-state index in [1.54, 1.807) is 0 Å². The van der Waals surface area contributed by atoms with E-state index < -0.39 is 0 Å². The molecule has 1 heteroatoms. The first kappa shape index (κ1) is 9.86. The molecule has 2 N–H and O–H groups in total. The van der Waals surface area contributed by atoms with Crippen molar-refractivity contribution in [1.82, 2.24) is 0 Å². The Morgan fingerprint density at radius 2 is 2.00 bits per heavy atom. The molecule has 0 heterocycles. The van der Waals surface area contributed by atoms with E-state index in [1.165, 1.54) is 34.7 Å². The molecule has 3 rings (SSSR count). The van der Waals surface area contributed by atoms with Gasteiger partial charge in [0.05, 0.1) is 0 Å². The van der Waals surface area contributed by atoms with E-state index in [-0.39, 0.29) is 5.41 Å². The average Bonchev–Trinajstić information content (AvgIpc) is 3.08. The molecule has 16 heavy (non-hydrogen) atoms. The summed E-state index contributed by atoms with van der Waals surface area (Å²) in [6, 6.07) is 13.3. The molecule has 0 amide bonds. The van der Waals surface area contributed by atoms with Gasteiger partial charge in [0.25, 0.3) is 0 Å². The number of aryl methyl sites for hydroxylation is 1. The highest BCUT2D eigenvalue weighted by Gasteiger charge is 2.43. The summed E-state index contributed by atoms with van der Waals surface area (Å²) in [6.45, 7) is 2.92. The van der Waals surface area contributed by atoms with E-state index in [1.807, 2.05) is 0 Å². The Morgan fingerprint density at radius 1 is 1.19 bits per heavy atom. The number of hydrogen-bond donors (Lipinski definition) is 1. The van der Waals surface area contributed by atoms with Gasteiger partial charge >= 0.3 is 0 Å². The molecular weight excluding hydrogens is 194 g/mol. The minimum absolute atomic E-state index is 0.286. The Labute approximate surface area is 96.3 Å². The third-order valence-corrected chi connectivity index (χ3v) is 3.85. The molecule has 0 aromatic heterocycles. The second-order valence-corrected chi connectivity index (χ2v) is 5.01. The lowest BCUT2D eigenvalue weighted by atomic mass is 9.90. The number of hydrogen-bond acceptors (Lipinski definition) is 1. The fourth-order valence-corrected chi connectivity index (χ4v) is 2.60. The molecular formula is C15H17N. The van der Waals surface area contributed by atoms with Crippen LogP contribution in [-0.4, -0.2) is 6.54 Å². The molecule has 0 unspecified atom stereocenters. The standard InChI is InChI=1S/C15H17N/c1-11-5-6-13-12(9-11)3-2-4-14(13)15(10-16)7-8-15/h2-6,9H,7-8,10,16H2,1H3. The van der Waals surface area contributed by atoms with Crippen LogP contribution in [0.4, 0.5) is 0 Å². The average molecular weight is 211 g/mol. The molecule has 0 spiro atoms. The SMILES string of the molecule is Cc1ccc2c(C3(CN)CC3)cccc2c1. The molecule has 2 aromatic carbocycles. The molecule has 1 aliphatic rings. The van der Waals surface area contributed by atoms with Crippen molar-refractivity contribution in [3.05, 3.63) is 47.5 Å². The molecule has 2 aromatic rings. The minimum Gasteiger partial charge on any atom is -0.330 e. The predicted molar refractivity (Wildman–Crippen MR) is 68.7 cm³/mol. The first-order chi connectivity index (χ1) is 7.75. The normalized spacial score (nSPS) is 17.6. The Balaban J connectivity index is 2.26. The van der Waals surface area contributed by atoms with Gasteiger partial charge in [-0.3, -0.25) is 0 Å². The zero-order valence-corrected chi connectivity index (χ0v) is 9.66. The summed E-state index contributed by atoms with van der Waals surface area (Å²) in [4.78, 5) is 0. The smallest absolute Gasteiger partial charge is 0.00823 e. The van der Waals surface area contributed by atoms with Crippen LogP contribution in [0.25, 0.3) is 10.8 Å². The van der Waals surface area contributed by atoms with Crippen LogP contribution in [0.1, 0.15) is 24.0 Å². The summed E-state index contributed by atoms with van der Waals surface area (Å²) < 4.78 is 0. The van der Waals surface area contributed by atoms with E-state index in [0.29, 0.717) is 0 Å². The van der Waals surface area contributed by atoms with E-state index in [4.69, 9.17) is 5.73 Å². The highest BCUT2D eigenvalue weighted by molar-refractivity contribution is 5.87. The Kier molecular flexibility index (Phi) is 2.05. The van der Waals surface area contributed by atoms with Crippen molar-refractivity contribution in [2.24, 2.45) is 5.73 Å². The molecule has 1 saturated carbocycles. The quantitative estimate of drug-likeness (QED) is 0.811. The van der Waals surface area contributed by atoms with Crippen molar-refractivity contribution in [2.75, 3.05) is 6.54 Å². The van der Waals surface area contributed by atoms with Gasteiger partial charge < -0.3 is 5.73 Å². The van der Waals surface area contributed by atoms with Crippen molar-refractivity contribution < 1.29 is 0 Å². The first-order valence-corrected chi connectivity index (χ1v) is 5.95. The summed E-state index contributed by atoms with van der Waals surface area (Å²) in [5, 5.41) is 2.73. The van der Waals surface area contributed by atoms with Gasteiger partial charge in [0.2, 0.25) is 0 Å². The molecule has 0 saturated heterocycles. The van der Waals surface area contributed by atoms with Gasteiger partial charge in [-0.15, -0.1) is 0 Å². The van der Waals surface area contributed by atoms with Crippen LogP contribution < -0.4 is 5.73 Å². The second-order valence-electron chi connectivity index (χ2n) is 5.01. The highest BCUT2D eigenvalue weighted by atomic mass is 14.7. The van der Waals surface area contributed by atoms with E-state index in [9.17, 15) is 0 Å². The monoisotopic (exact) mass is 211 g/mol. The van der Waals surface area contributed by atoms with Crippen LogP contribution in [0.2, 0.25) is 0 Å². The fourth-order valence-electron chi connectivity index (χ4n) is 2.60. The summed E-state index contributed by atoms with van der Waals surface area (Å²) in [5.74, 6) is 0. The zero-order valence-electron chi connectivity index (χ0n) is 9.66. The molecule has 0 bridgehead atoms. The molecule has 82 valence electrons. The second kappa shape index (κ2) is 3.33. The van der Waals surface area contributed by atoms with Crippen molar-refractivity contribution in [3.8, 4) is 0 Å². The third-order valence-electron chi connectivity index (χ3n) is 3.85. The number of rotatable bonds is 2. The largest absolute Gasteiger partial charge is 0.330 e. The van der Waals surface area contributed by atoms with Crippen LogP contribution in [-0.2, 0) is 5.41 Å². The summed E-state index contributed by atoms with van der Waals surface area (Å²) in [5.41, 5.74) is 8.98. The molecule has 1 aliphatic carbocycles. The maximum absolute atomic E-state index is 5.92. The topological polar surface area (TPSA) is 26.0 Å². The van der Waals surface area contributed by atoms with Gasteiger partial charge in [-0.05, 0) is 36.1 Å². The molecule has 1 fully saturated rings. The van der Waals surface area contributed by atoms with Gasteiger partial charge in [-0.2, -0.15) is 0 Å². The Morgan fingerprint density at radius 3 is 2.69 bits per heavy atom. The van der Waals surface area contributed by atoms with Crippen LogP contribution in [0.3, 0.4) is 0 Å². The van der Waals surface area contributed by atoms with E-state index >= 15 is 0 Å².